The minimum Gasteiger partial charge on any atom is -0.455 e. The van der Waals surface area contributed by atoms with Crippen LogP contribution in [-0.2, 0) is 0 Å². The molecule has 10 rings (SSSR count). The SMILES string of the molecule is [2H]c1c([2H])c([2H])c(-c2c([2H])c([2H])c3c(-c4c5c([2H])c([2H])c([2H])c([2H])c5c(-c5c([2H])c([2H])c([2H])c([2H])c5[2H])c5c([2H])c([2H])c([2H])c([2H])c45)c(-c4c([2H])c([2H])c([2H])c5c([2H])c([2H])c6c([2H])c([2H])c([2H])c([2H])c6c45)oc3c2[2H])c([2H])c1[2H]. The van der Waals surface area contributed by atoms with Crippen molar-refractivity contribution in [3.63, 3.8) is 0 Å². The molecule has 0 unspecified atom stereocenters. The smallest absolute Gasteiger partial charge is 0.143 e. The number of rotatable bonds is 4. The van der Waals surface area contributed by atoms with Gasteiger partial charge in [-0.3, -0.25) is 0 Å². The second kappa shape index (κ2) is 11.1. The Morgan fingerprint density at radius 2 is 0.898 bits per heavy atom. The van der Waals surface area contributed by atoms with E-state index in [-0.39, 0.29) is 0 Å². The lowest BCUT2D eigenvalue weighted by Gasteiger charge is -2.18. The van der Waals surface area contributed by atoms with E-state index in [4.69, 9.17) is 31.8 Å². The van der Waals surface area contributed by atoms with Gasteiger partial charge in [-0.2, -0.15) is 0 Å². The van der Waals surface area contributed by atoms with E-state index in [1.165, 1.54) is 0 Å². The Hall–Kier alpha value is -6.44. The highest BCUT2D eigenvalue weighted by molar-refractivity contribution is 6.26. The summed E-state index contributed by atoms with van der Waals surface area (Å²) in [6.45, 7) is 0. The van der Waals surface area contributed by atoms with Crippen molar-refractivity contribution in [3.8, 4) is 44.7 Å². The lowest BCUT2D eigenvalue weighted by atomic mass is 9.84. The number of benzene rings is 9. The zero-order chi connectivity index (χ0) is 58.4. The molecule has 1 heteroatoms. The van der Waals surface area contributed by atoms with Crippen LogP contribution >= 0.6 is 0 Å². The molecular weight excluding hydrogens is 593 g/mol. The molecule has 0 bridgehead atoms. The van der Waals surface area contributed by atoms with Crippen LogP contribution in [0.3, 0.4) is 0 Å². The second-order valence-corrected chi connectivity index (χ2v) is 10.5. The fraction of sp³-hybridized carbons (Fsp3) is 0. The van der Waals surface area contributed by atoms with E-state index >= 15 is 0 Å². The predicted octanol–water partition coefficient (Wildman–Crippen LogP) is 13.7. The van der Waals surface area contributed by atoms with Crippen molar-refractivity contribution < 1.29 is 45.5 Å². The van der Waals surface area contributed by atoms with Gasteiger partial charge in [0.2, 0.25) is 0 Å². The van der Waals surface area contributed by atoms with E-state index in [1.54, 1.807) is 0 Å². The summed E-state index contributed by atoms with van der Waals surface area (Å²) in [6.07, 6.45) is 0. The molecule has 0 spiro atoms. The average molecular weight is 653 g/mol. The molecule has 9 aromatic carbocycles. The lowest BCUT2D eigenvalue weighted by Crippen LogP contribution is -1.92. The first-order valence-corrected chi connectivity index (χ1v) is 14.4. The molecule has 1 aromatic heterocycles. The quantitative estimate of drug-likeness (QED) is 0.136. The highest BCUT2D eigenvalue weighted by Gasteiger charge is 2.25. The first kappa shape index (κ1) is 11.1. The van der Waals surface area contributed by atoms with Crippen molar-refractivity contribution in [3.05, 3.63) is 181 Å². The molecule has 0 radical (unpaired) electrons. The van der Waals surface area contributed by atoms with Crippen LogP contribution in [0.25, 0.3) is 98.8 Å². The predicted molar refractivity (Wildman–Crippen MR) is 208 cm³/mol. The molecule has 0 saturated heterocycles. The molecule has 0 aliphatic heterocycles. The molecule has 228 valence electrons. The van der Waals surface area contributed by atoms with Gasteiger partial charge in [-0.05, 0) is 72.0 Å². The summed E-state index contributed by atoms with van der Waals surface area (Å²) in [5, 5.41) is -6.84. The molecule has 0 aliphatic carbocycles. The molecule has 1 nitrogen and oxygen atoms in total. The maximum Gasteiger partial charge on any atom is 0.143 e. The van der Waals surface area contributed by atoms with Crippen molar-refractivity contribution in [1.82, 2.24) is 0 Å². The topological polar surface area (TPSA) is 13.1 Å². The second-order valence-electron chi connectivity index (χ2n) is 10.5. The zero-order valence-corrected chi connectivity index (χ0v) is 24.4. The van der Waals surface area contributed by atoms with Crippen LogP contribution < -0.4 is 0 Å². The Morgan fingerprint density at radius 1 is 0.347 bits per heavy atom. The van der Waals surface area contributed by atoms with Gasteiger partial charge in [0.05, 0.1) is 41.1 Å². The van der Waals surface area contributed by atoms with Crippen molar-refractivity contribution in [2.45, 2.75) is 0 Å². The third kappa shape index (κ3) is 4.33. The molecule has 0 N–H and O–H groups in total. The first-order chi connectivity index (χ1) is 36.8. The van der Waals surface area contributed by atoms with Gasteiger partial charge in [-0.15, -0.1) is 0 Å². The molecule has 0 saturated carbocycles. The molecule has 0 amide bonds. The Kier molecular flexibility index (Phi) is 2.50. The minimum absolute atomic E-state index is 0.666. The summed E-state index contributed by atoms with van der Waals surface area (Å²) in [7, 11) is 0. The summed E-state index contributed by atoms with van der Waals surface area (Å²) in [5.41, 5.74) is -6.71. The van der Waals surface area contributed by atoms with E-state index < -0.39 is 280 Å². The van der Waals surface area contributed by atoms with Gasteiger partial charge < -0.3 is 4.42 Å². The highest BCUT2D eigenvalue weighted by Crippen LogP contribution is 2.51. The fourth-order valence-corrected chi connectivity index (χ4v) is 5.96. The summed E-state index contributed by atoms with van der Waals surface area (Å²) in [4.78, 5) is 0. The molecule has 0 fully saturated rings. The summed E-state index contributed by atoms with van der Waals surface area (Å²) >= 11 is 0. The maximum absolute atomic E-state index is 9.83. The Morgan fingerprint density at radius 3 is 1.59 bits per heavy atom. The number of hydrogen-bond acceptors (Lipinski definition) is 1. The van der Waals surface area contributed by atoms with Crippen LogP contribution in [0.4, 0.5) is 0 Å². The van der Waals surface area contributed by atoms with Crippen molar-refractivity contribution in [1.29, 1.82) is 0 Å². The van der Waals surface area contributed by atoms with E-state index in [2.05, 4.69) is 0 Å². The van der Waals surface area contributed by atoms with Crippen molar-refractivity contribution >= 4 is 54.1 Å². The van der Waals surface area contributed by atoms with Crippen LogP contribution in [0.15, 0.2) is 186 Å². The van der Waals surface area contributed by atoms with Gasteiger partial charge in [-0.1, -0.05) is 169 Å². The lowest BCUT2D eigenvalue weighted by molar-refractivity contribution is 0.633. The normalized spacial score (nSPS) is 20.2. The monoisotopic (exact) mass is 652 g/mol. The highest BCUT2D eigenvalue weighted by atomic mass is 16.3. The van der Waals surface area contributed by atoms with Crippen LogP contribution in [0.2, 0.25) is 0 Å². The van der Waals surface area contributed by atoms with E-state index in [9.17, 15) is 13.7 Å². The van der Waals surface area contributed by atoms with Gasteiger partial charge in [0.25, 0.3) is 0 Å². The van der Waals surface area contributed by atoms with Crippen molar-refractivity contribution in [2.24, 2.45) is 0 Å². The molecular formula is C48H30O. The zero-order valence-electron chi connectivity index (χ0n) is 54.4. The van der Waals surface area contributed by atoms with Gasteiger partial charge in [0.15, 0.2) is 0 Å². The minimum atomic E-state index is -1.10. The van der Waals surface area contributed by atoms with Crippen LogP contribution in [0.5, 0.6) is 0 Å². The number of hydrogen-bond donors (Lipinski definition) is 0. The molecule has 0 aliphatic rings. The number of furan rings is 1. The summed E-state index contributed by atoms with van der Waals surface area (Å²) in [6, 6.07) is -30.0. The van der Waals surface area contributed by atoms with Gasteiger partial charge in [0.1, 0.15) is 11.3 Å². The van der Waals surface area contributed by atoms with Gasteiger partial charge in [0, 0.05) is 27.5 Å². The fourth-order valence-electron chi connectivity index (χ4n) is 5.96. The van der Waals surface area contributed by atoms with E-state index in [0.29, 0.717) is 0 Å². The van der Waals surface area contributed by atoms with Crippen LogP contribution in [-0.4, -0.2) is 0 Å². The maximum atomic E-state index is 9.83. The van der Waals surface area contributed by atoms with Crippen molar-refractivity contribution in [2.75, 3.05) is 0 Å². The molecule has 0 atom stereocenters. The van der Waals surface area contributed by atoms with E-state index in [0.717, 1.165) is 0 Å². The molecule has 10 aromatic rings. The Balaban J connectivity index is 1.64. The van der Waals surface area contributed by atoms with E-state index in [1.807, 2.05) is 0 Å². The average Bonchev–Trinajstić information content (AvgIpc) is 4.09. The van der Waals surface area contributed by atoms with Gasteiger partial charge >= 0.3 is 0 Å². The van der Waals surface area contributed by atoms with Gasteiger partial charge in [-0.25, -0.2) is 0 Å². The largest absolute Gasteiger partial charge is 0.455 e. The van der Waals surface area contributed by atoms with Crippen LogP contribution in [0.1, 0.15) is 41.1 Å². The molecule has 1 heterocycles. The Labute approximate surface area is 326 Å². The third-order valence-electron chi connectivity index (χ3n) is 7.94. The molecule has 49 heavy (non-hydrogen) atoms. The first-order valence-electron chi connectivity index (χ1n) is 29.4. The Bertz CT molecular complexity index is 4460. The summed E-state index contributed by atoms with van der Waals surface area (Å²) < 4.78 is 278. The van der Waals surface area contributed by atoms with Crippen LogP contribution in [0, 0.1) is 0 Å². The third-order valence-corrected chi connectivity index (χ3v) is 7.94. The number of fused-ring (bicyclic) bond motifs is 6. The standard InChI is InChI=1S/C48H30O/c1-3-14-31(15-4-1)35-28-29-41-43(30-35)49-48(42-25-13-19-34-27-26-32-16-7-8-20-36(32)44(34)42)47(41)46-39-23-11-9-21-37(39)45(33-17-5-2-6-18-33)38-22-10-12-24-40(38)46/h1-30H/i1D,2D,3D,4D,5D,6D,7D,8D,9D,10D,11D,12D,13D,14D,15D,16D,17D,18D,19D,20D,21D,22D,23D,24D,25D,26D,27D,28D,29D,30D. The summed E-state index contributed by atoms with van der Waals surface area (Å²) in [5.74, 6) is -0.984.